The lowest BCUT2D eigenvalue weighted by molar-refractivity contribution is 0.208. The summed E-state index contributed by atoms with van der Waals surface area (Å²) in [7, 11) is 0. The molecule has 0 heterocycles. The number of benzene rings is 2. The topological polar surface area (TPSA) is 29.3 Å². The van der Waals surface area contributed by atoms with Gasteiger partial charge < -0.3 is 5.73 Å². The summed E-state index contributed by atoms with van der Waals surface area (Å²) in [6, 6.07) is 17.4. The van der Waals surface area contributed by atoms with Gasteiger partial charge in [0.05, 0.1) is 0 Å². The second kappa shape index (κ2) is 9.97. The van der Waals surface area contributed by atoms with Crippen LogP contribution in [0.5, 0.6) is 0 Å². The highest BCUT2D eigenvalue weighted by atomic mass is 79.9. The molecule has 130 valence electrons. The lowest BCUT2D eigenvalue weighted by atomic mass is 10.0. The monoisotopic (exact) mass is 388 g/mol. The number of nitrogens with zero attached hydrogens (tertiary/aromatic N) is 1. The van der Waals surface area contributed by atoms with Crippen molar-refractivity contribution in [2.24, 2.45) is 11.7 Å². The second-order valence-corrected chi connectivity index (χ2v) is 7.41. The first-order valence-electron chi connectivity index (χ1n) is 8.89. The van der Waals surface area contributed by atoms with E-state index in [1.165, 1.54) is 29.5 Å². The molecule has 0 saturated carbocycles. The quantitative estimate of drug-likeness (QED) is 0.627. The van der Waals surface area contributed by atoms with Crippen molar-refractivity contribution in [2.75, 3.05) is 6.54 Å². The first-order chi connectivity index (χ1) is 11.6. The Labute approximate surface area is 155 Å². The van der Waals surface area contributed by atoms with Crippen LogP contribution in [-0.2, 0) is 19.6 Å². The molecule has 0 aliphatic carbocycles. The molecule has 0 aliphatic heterocycles. The van der Waals surface area contributed by atoms with Gasteiger partial charge in [-0.3, -0.25) is 4.90 Å². The van der Waals surface area contributed by atoms with Gasteiger partial charge in [-0.15, -0.1) is 0 Å². The molecule has 0 atom stereocenters. The van der Waals surface area contributed by atoms with Crippen LogP contribution in [0.4, 0.5) is 0 Å². The van der Waals surface area contributed by atoms with Crippen molar-refractivity contribution < 1.29 is 0 Å². The fourth-order valence-corrected chi connectivity index (χ4v) is 3.25. The highest BCUT2D eigenvalue weighted by Crippen LogP contribution is 2.18. The molecular weight excluding hydrogens is 360 g/mol. The molecule has 0 aliphatic rings. The number of hydrogen-bond acceptors (Lipinski definition) is 2. The van der Waals surface area contributed by atoms with Crippen molar-refractivity contribution in [1.29, 1.82) is 0 Å². The van der Waals surface area contributed by atoms with E-state index in [-0.39, 0.29) is 0 Å². The van der Waals surface area contributed by atoms with Crippen molar-refractivity contribution in [2.45, 2.75) is 46.3 Å². The lowest BCUT2D eigenvalue weighted by Gasteiger charge is -2.27. The number of nitrogens with two attached hydrogens (primary N) is 1. The Morgan fingerprint density at radius 3 is 1.75 bits per heavy atom. The van der Waals surface area contributed by atoms with E-state index in [1.807, 2.05) is 0 Å². The lowest BCUT2D eigenvalue weighted by Crippen LogP contribution is -2.28. The highest BCUT2D eigenvalue weighted by Gasteiger charge is 2.13. The van der Waals surface area contributed by atoms with Crippen LogP contribution in [-0.4, -0.2) is 11.4 Å². The van der Waals surface area contributed by atoms with Crippen molar-refractivity contribution in [1.82, 2.24) is 4.90 Å². The van der Waals surface area contributed by atoms with Gasteiger partial charge in [-0.1, -0.05) is 79.0 Å². The minimum atomic E-state index is 0.608. The molecule has 0 aromatic heterocycles. The molecule has 0 spiro atoms. The average molecular weight is 389 g/mol. The Morgan fingerprint density at radius 2 is 1.29 bits per heavy atom. The van der Waals surface area contributed by atoms with Gasteiger partial charge in [0.2, 0.25) is 0 Å². The van der Waals surface area contributed by atoms with E-state index in [0.29, 0.717) is 6.54 Å². The smallest absolute Gasteiger partial charge is 0.0237 e. The van der Waals surface area contributed by atoms with Gasteiger partial charge in [-0.2, -0.15) is 0 Å². The molecule has 2 aromatic rings. The molecule has 0 bridgehead atoms. The Kier molecular flexibility index (Phi) is 7.97. The standard InChI is InChI=1S/C21H29BrN2/c1-3-17(4-2)14-24(16-20-9-11-21(22)12-10-20)15-19-7-5-18(13-23)6-8-19/h5-12,17H,3-4,13-16,23H2,1-2H3. The Hall–Kier alpha value is -1.16. The maximum absolute atomic E-state index is 5.70. The van der Waals surface area contributed by atoms with Gasteiger partial charge in [0.15, 0.2) is 0 Å². The SMILES string of the molecule is CCC(CC)CN(Cc1ccc(Br)cc1)Cc1ccc(CN)cc1. The van der Waals surface area contributed by atoms with Crippen LogP contribution in [0, 0.1) is 5.92 Å². The van der Waals surface area contributed by atoms with E-state index in [9.17, 15) is 0 Å². The Morgan fingerprint density at radius 1 is 0.833 bits per heavy atom. The summed E-state index contributed by atoms with van der Waals surface area (Å²) in [6.07, 6.45) is 2.47. The fourth-order valence-electron chi connectivity index (χ4n) is 2.98. The molecule has 2 rings (SSSR count). The first-order valence-corrected chi connectivity index (χ1v) is 9.68. The predicted octanol–water partition coefficient (Wildman–Crippen LogP) is 5.35. The minimum absolute atomic E-state index is 0.608. The maximum Gasteiger partial charge on any atom is 0.0237 e. The second-order valence-electron chi connectivity index (χ2n) is 6.50. The van der Waals surface area contributed by atoms with Crippen LogP contribution in [0.15, 0.2) is 53.0 Å². The van der Waals surface area contributed by atoms with Crippen LogP contribution in [0.25, 0.3) is 0 Å². The molecular formula is C21H29BrN2. The maximum atomic E-state index is 5.70. The molecule has 2 N–H and O–H groups in total. The van der Waals surface area contributed by atoms with Gasteiger partial charge in [-0.05, 0) is 34.7 Å². The van der Waals surface area contributed by atoms with Crippen LogP contribution >= 0.6 is 15.9 Å². The van der Waals surface area contributed by atoms with Gasteiger partial charge in [-0.25, -0.2) is 0 Å². The predicted molar refractivity (Wildman–Crippen MR) is 107 cm³/mol. The van der Waals surface area contributed by atoms with E-state index in [2.05, 4.69) is 83.2 Å². The zero-order valence-corrected chi connectivity index (χ0v) is 16.4. The number of hydrogen-bond donors (Lipinski definition) is 1. The summed E-state index contributed by atoms with van der Waals surface area (Å²) < 4.78 is 1.13. The Bertz CT molecular complexity index is 588. The van der Waals surface area contributed by atoms with E-state index in [4.69, 9.17) is 5.73 Å². The largest absolute Gasteiger partial charge is 0.326 e. The van der Waals surface area contributed by atoms with Crippen molar-refractivity contribution in [3.05, 3.63) is 69.7 Å². The van der Waals surface area contributed by atoms with E-state index < -0.39 is 0 Å². The normalized spacial score (nSPS) is 11.4. The Balaban J connectivity index is 2.09. The summed E-state index contributed by atoms with van der Waals surface area (Å²) in [5.74, 6) is 0.753. The van der Waals surface area contributed by atoms with Gasteiger partial charge in [0.25, 0.3) is 0 Å². The highest BCUT2D eigenvalue weighted by molar-refractivity contribution is 9.10. The molecule has 0 unspecified atom stereocenters. The molecule has 2 aromatic carbocycles. The summed E-state index contributed by atoms with van der Waals surface area (Å²) >= 11 is 3.52. The summed E-state index contributed by atoms with van der Waals surface area (Å²) in [4.78, 5) is 2.57. The summed E-state index contributed by atoms with van der Waals surface area (Å²) in [6.45, 7) is 8.31. The third-order valence-corrected chi connectivity index (χ3v) is 5.18. The third kappa shape index (κ3) is 6.04. The fraction of sp³-hybridized carbons (Fsp3) is 0.429. The van der Waals surface area contributed by atoms with Crippen molar-refractivity contribution in [3.8, 4) is 0 Å². The van der Waals surface area contributed by atoms with Gasteiger partial charge in [0, 0.05) is 30.7 Å². The molecule has 2 nitrogen and oxygen atoms in total. The van der Waals surface area contributed by atoms with Crippen molar-refractivity contribution in [3.63, 3.8) is 0 Å². The van der Waals surface area contributed by atoms with E-state index >= 15 is 0 Å². The molecule has 0 fully saturated rings. The van der Waals surface area contributed by atoms with Gasteiger partial charge in [0.1, 0.15) is 0 Å². The minimum Gasteiger partial charge on any atom is -0.326 e. The van der Waals surface area contributed by atoms with Crippen LogP contribution in [0.2, 0.25) is 0 Å². The van der Waals surface area contributed by atoms with Crippen LogP contribution in [0.3, 0.4) is 0 Å². The third-order valence-electron chi connectivity index (χ3n) is 4.66. The first kappa shape index (κ1) is 19.2. The molecule has 3 heteroatoms. The zero-order chi connectivity index (χ0) is 17.4. The molecule has 0 radical (unpaired) electrons. The van der Waals surface area contributed by atoms with Crippen molar-refractivity contribution >= 4 is 15.9 Å². The summed E-state index contributed by atoms with van der Waals surface area (Å²) in [5, 5.41) is 0. The van der Waals surface area contributed by atoms with E-state index in [0.717, 1.165) is 30.0 Å². The molecule has 0 saturated heterocycles. The van der Waals surface area contributed by atoms with Gasteiger partial charge >= 0.3 is 0 Å². The molecule has 0 amide bonds. The van der Waals surface area contributed by atoms with Crippen LogP contribution in [0.1, 0.15) is 43.4 Å². The van der Waals surface area contributed by atoms with E-state index in [1.54, 1.807) is 0 Å². The number of halogens is 1. The molecule has 24 heavy (non-hydrogen) atoms. The zero-order valence-electron chi connectivity index (χ0n) is 14.8. The van der Waals surface area contributed by atoms with Crippen LogP contribution < -0.4 is 5.73 Å². The summed E-state index contributed by atoms with van der Waals surface area (Å²) in [5.41, 5.74) is 9.62. The number of rotatable bonds is 9. The average Bonchev–Trinajstić information content (AvgIpc) is 2.62.